The summed E-state index contributed by atoms with van der Waals surface area (Å²) in [5.41, 5.74) is 1.38. The maximum absolute atomic E-state index is 10.3. The van der Waals surface area contributed by atoms with E-state index in [4.69, 9.17) is 9.31 Å². The van der Waals surface area contributed by atoms with Crippen LogP contribution in [0.4, 0.5) is 11.4 Å². The molecule has 2 N–H and O–H groups in total. The lowest BCUT2D eigenvalue weighted by Gasteiger charge is -2.08. The van der Waals surface area contributed by atoms with Crippen LogP contribution in [0.1, 0.15) is 0 Å². The lowest BCUT2D eigenvalue weighted by molar-refractivity contribution is -0.106. The number of anilines is 2. The fourth-order valence-corrected chi connectivity index (χ4v) is 1.60. The van der Waals surface area contributed by atoms with Gasteiger partial charge in [-0.25, -0.2) is 0 Å². The Bertz CT molecular complexity index is 533. The molecule has 0 aromatic heterocycles. The summed E-state index contributed by atoms with van der Waals surface area (Å²) >= 11 is 0. The highest BCUT2D eigenvalue weighted by molar-refractivity contribution is 6.20. The fourth-order valence-electron chi connectivity index (χ4n) is 1.60. The molecule has 6 nitrogen and oxygen atoms in total. The normalized spacial score (nSPS) is 9.33. The molecule has 0 saturated carbocycles. The van der Waals surface area contributed by atoms with Crippen molar-refractivity contribution in [2.75, 3.05) is 10.6 Å². The Labute approximate surface area is 122 Å². The van der Waals surface area contributed by atoms with Crippen LogP contribution in [0.25, 0.3) is 0 Å². The lowest BCUT2D eigenvalue weighted by atomic mass is 10.2. The molecular weight excluding hydrogens is 271 g/mol. The third-order valence-corrected chi connectivity index (χ3v) is 2.61. The fraction of sp³-hybridized carbons (Fsp3) is 0. The zero-order chi connectivity index (χ0) is 14.9. The topological polar surface area (TPSA) is 76.7 Å². The van der Waals surface area contributed by atoms with Gasteiger partial charge in [0.15, 0.2) is 0 Å². The molecule has 0 fully saturated rings. The predicted molar refractivity (Wildman–Crippen MR) is 80.7 cm³/mol. The lowest BCUT2D eigenvalue weighted by Crippen LogP contribution is -2.10. The highest BCUT2D eigenvalue weighted by Crippen LogP contribution is 2.17. The van der Waals surface area contributed by atoms with Crippen molar-refractivity contribution in [3.05, 3.63) is 48.5 Å². The molecule has 0 atom stereocenters. The van der Waals surface area contributed by atoms with Gasteiger partial charge in [-0.1, -0.05) is 0 Å². The van der Waals surface area contributed by atoms with Crippen molar-refractivity contribution in [2.45, 2.75) is 0 Å². The maximum atomic E-state index is 10.3. The zero-order valence-electron chi connectivity index (χ0n) is 11.1. The molecule has 0 bridgehead atoms. The molecular formula is C14H13BN2O4. The van der Waals surface area contributed by atoms with Crippen LogP contribution in [0.3, 0.4) is 0 Å². The van der Waals surface area contributed by atoms with Crippen LogP contribution >= 0.6 is 0 Å². The SMILES string of the molecule is O=CNc1ccc(OBOc2ccc(NC=O)cc2)cc1. The van der Waals surface area contributed by atoms with Gasteiger partial charge in [-0.05, 0) is 48.5 Å². The van der Waals surface area contributed by atoms with Gasteiger partial charge in [0.1, 0.15) is 11.5 Å². The molecule has 0 aliphatic heterocycles. The van der Waals surface area contributed by atoms with Crippen LogP contribution in [0.5, 0.6) is 11.5 Å². The quantitative estimate of drug-likeness (QED) is 0.569. The Morgan fingerprint density at radius 3 is 1.43 bits per heavy atom. The first kappa shape index (κ1) is 14.5. The van der Waals surface area contributed by atoms with E-state index in [1.54, 1.807) is 48.5 Å². The van der Waals surface area contributed by atoms with E-state index in [1.165, 1.54) is 0 Å². The van der Waals surface area contributed by atoms with E-state index < -0.39 is 0 Å². The third kappa shape index (κ3) is 4.57. The Morgan fingerprint density at radius 2 is 1.10 bits per heavy atom. The van der Waals surface area contributed by atoms with Crippen molar-refractivity contribution in [1.29, 1.82) is 0 Å². The number of carbonyl (C=O) groups is 2. The summed E-state index contributed by atoms with van der Waals surface area (Å²) in [6.07, 6.45) is 1.23. The number of benzene rings is 2. The van der Waals surface area contributed by atoms with E-state index >= 15 is 0 Å². The van der Waals surface area contributed by atoms with Crippen LogP contribution in [0, 0.1) is 0 Å². The molecule has 7 heteroatoms. The van der Waals surface area contributed by atoms with Gasteiger partial charge < -0.3 is 19.9 Å². The summed E-state index contributed by atoms with van der Waals surface area (Å²) in [6.45, 7) is 0. The van der Waals surface area contributed by atoms with Gasteiger partial charge in [-0.3, -0.25) is 9.59 Å². The Kier molecular flexibility index (Phi) is 5.22. The first-order valence-electron chi connectivity index (χ1n) is 6.18. The zero-order valence-corrected chi connectivity index (χ0v) is 11.1. The summed E-state index contributed by atoms with van der Waals surface area (Å²) in [4.78, 5) is 20.5. The van der Waals surface area contributed by atoms with Crippen molar-refractivity contribution in [3.63, 3.8) is 0 Å². The van der Waals surface area contributed by atoms with E-state index in [0.29, 0.717) is 35.7 Å². The van der Waals surface area contributed by atoms with Gasteiger partial charge >= 0.3 is 7.69 Å². The molecule has 0 aliphatic rings. The standard InChI is InChI=1S/C14H13BN2O4/c18-9-16-11-1-5-13(6-2-11)20-15-21-14-7-3-12(4-8-14)17-10-19/h1-10,15H,(H,16,18)(H,17,19). The molecule has 106 valence electrons. The highest BCUT2D eigenvalue weighted by Gasteiger charge is 2.00. The molecule has 2 rings (SSSR count). The average molecular weight is 284 g/mol. The van der Waals surface area contributed by atoms with Gasteiger partial charge in [-0.15, -0.1) is 0 Å². The number of hydrogen-bond acceptors (Lipinski definition) is 4. The number of rotatable bonds is 8. The molecule has 0 unspecified atom stereocenters. The molecule has 0 heterocycles. The molecule has 0 aliphatic carbocycles. The molecule has 2 aromatic rings. The van der Waals surface area contributed by atoms with Gasteiger partial charge in [0.25, 0.3) is 0 Å². The summed E-state index contributed by atoms with van der Waals surface area (Å²) in [5, 5.41) is 5.07. The summed E-state index contributed by atoms with van der Waals surface area (Å²) in [7, 11) is 0.0565. The van der Waals surface area contributed by atoms with Crippen LogP contribution in [0.15, 0.2) is 48.5 Å². The molecule has 0 saturated heterocycles. The van der Waals surface area contributed by atoms with E-state index in [-0.39, 0.29) is 7.69 Å². The van der Waals surface area contributed by atoms with Crippen molar-refractivity contribution in [1.82, 2.24) is 0 Å². The molecule has 21 heavy (non-hydrogen) atoms. The summed E-state index contributed by atoms with van der Waals surface area (Å²) in [6, 6.07) is 13.8. The van der Waals surface area contributed by atoms with E-state index in [1.807, 2.05) is 0 Å². The number of hydrogen-bond donors (Lipinski definition) is 2. The maximum Gasteiger partial charge on any atom is 0.576 e. The smallest absolute Gasteiger partial charge is 0.529 e. The van der Waals surface area contributed by atoms with Gasteiger partial charge in [0.05, 0.1) is 0 Å². The minimum atomic E-state index is 0.0565. The van der Waals surface area contributed by atoms with Crippen LogP contribution in [0.2, 0.25) is 0 Å². The van der Waals surface area contributed by atoms with Crippen molar-refractivity contribution in [3.8, 4) is 11.5 Å². The predicted octanol–water partition coefficient (Wildman–Crippen LogP) is 1.55. The highest BCUT2D eigenvalue weighted by atomic mass is 16.6. The first-order valence-corrected chi connectivity index (χ1v) is 6.18. The van der Waals surface area contributed by atoms with Crippen LogP contribution in [-0.2, 0) is 9.59 Å². The second-order valence-electron chi connectivity index (χ2n) is 3.98. The number of nitrogens with one attached hydrogen (secondary N) is 2. The summed E-state index contributed by atoms with van der Waals surface area (Å²) < 4.78 is 10.8. The van der Waals surface area contributed by atoms with E-state index in [2.05, 4.69) is 10.6 Å². The van der Waals surface area contributed by atoms with E-state index in [0.717, 1.165) is 0 Å². The van der Waals surface area contributed by atoms with Gasteiger partial charge in [0, 0.05) is 11.4 Å². The van der Waals surface area contributed by atoms with Gasteiger partial charge in [0.2, 0.25) is 12.8 Å². The first-order chi connectivity index (χ1) is 10.3. The number of carbonyl (C=O) groups excluding carboxylic acids is 2. The monoisotopic (exact) mass is 284 g/mol. The van der Waals surface area contributed by atoms with Crippen molar-refractivity contribution in [2.24, 2.45) is 0 Å². The Hall–Kier alpha value is -2.96. The summed E-state index contributed by atoms with van der Waals surface area (Å²) in [5.74, 6) is 1.26. The van der Waals surface area contributed by atoms with Crippen molar-refractivity contribution < 1.29 is 18.9 Å². The second kappa shape index (κ2) is 7.59. The average Bonchev–Trinajstić information content (AvgIpc) is 2.51. The molecule has 2 aromatic carbocycles. The molecule has 0 radical (unpaired) electrons. The Morgan fingerprint density at radius 1 is 0.714 bits per heavy atom. The molecule has 0 spiro atoms. The minimum Gasteiger partial charge on any atom is -0.529 e. The van der Waals surface area contributed by atoms with E-state index in [9.17, 15) is 9.59 Å². The van der Waals surface area contributed by atoms with Gasteiger partial charge in [-0.2, -0.15) is 0 Å². The second-order valence-corrected chi connectivity index (χ2v) is 3.98. The molecule has 2 amide bonds. The number of amides is 2. The van der Waals surface area contributed by atoms with Crippen LogP contribution in [-0.4, -0.2) is 20.5 Å². The minimum absolute atomic E-state index is 0.0565. The van der Waals surface area contributed by atoms with Crippen molar-refractivity contribution >= 4 is 31.9 Å². The third-order valence-electron chi connectivity index (χ3n) is 2.61. The Balaban J connectivity index is 1.80. The largest absolute Gasteiger partial charge is 0.576 e. The van der Waals surface area contributed by atoms with Crippen LogP contribution < -0.4 is 19.9 Å².